The molecule has 0 aromatic carbocycles. The maximum atomic E-state index is 12.1. The minimum atomic E-state index is -5.01. The van der Waals surface area contributed by atoms with Gasteiger partial charge in [-0.05, 0) is 12.8 Å². The van der Waals surface area contributed by atoms with Gasteiger partial charge in [-0.1, -0.05) is 0 Å². The number of alkyl halides is 3. The fourth-order valence-electron chi connectivity index (χ4n) is 1.96. The Hall–Kier alpha value is -2.33. The van der Waals surface area contributed by atoms with Crippen LogP contribution in [-0.4, -0.2) is 51.4 Å². The highest BCUT2D eigenvalue weighted by molar-refractivity contribution is 5.93. The van der Waals surface area contributed by atoms with E-state index in [1.54, 1.807) is 10.2 Å². The Kier molecular flexibility index (Phi) is 4.00. The molecule has 1 fully saturated rings. The van der Waals surface area contributed by atoms with Gasteiger partial charge in [0.1, 0.15) is 0 Å². The number of halogens is 3. The summed E-state index contributed by atoms with van der Waals surface area (Å²) in [5.41, 5.74) is 0. The average Bonchev–Trinajstić information content (AvgIpc) is 2.86. The maximum absolute atomic E-state index is 12.1. The molecule has 0 radical (unpaired) electrons. The molecule has 2 rings (SSSR count). The highest BCUT2D eigenvalue weighted by Gasteiger charge is 2.39. The lowest BCUT2D eigenvalue weighted by atomic mass is 9.97. The first-order chi connectivity index (χ1) is 9.77. The molecule has 0 unspecified atom stereocenters. The molecule has 11 heteroatoms. The van der Waals surface area contributed by atoms with Gasteiger partial charge in [0.15, 0.2) is 0 Å². The Morgan fingerprint density at radius 2 is 1.95 bits per heavy atom. The quantitative estimate of drug-likeness (QED) is 0.754. The van der Waals surface area contributed by atoms with Gasteiger partial charge in [0.25, 0.3) is 0 Å². The van der Waals surface area contributed by atoms with Crippen molar-refractivity contribution in [3.05, 3.63) is 0 Å². The fraction of sp³-hybridized carbons (Fsp3) is 0.600. The molecule has 0 spiro atoms. The SMILES string of the molecule is O=C(O)C1CCN(c2n[nH]c(NC(=O)C(F)(F)F)n2)CC1. The van der Waals surface area contributed by atoms with Gasteiger partial charge in [-0.25, -0.2) is 5.10 Å². The first-order valence-electron chi connectivity index (χ1n) is 6.05. The van der Waals surface area contributed by atoms with Crippen LogP contribution in [0.1, 0.15) is 12.8 Å². The molecular formula is C10H12F3N5O3. The van der Waals surface area contributed by atoms with Crippen molar-refractivity contribution in [2.45, 2.75) is 19.0 Å². The number of carbonyl (C=O) groups is 2. The molecule has 0 atom stereocenters. The number of H-pyrrole nitrogens is 1. The number of nitrogens with zero attached hydrogens (tertiary/aromatic N) is 3. The number of aromatic amines is 1. The van der Waals surface area contributed by atoms with Crippen LogP contribution in [0, 0.1) is 5.92 Å². The smallest absolute Gasteiger partial charge is 0.471 e. The zero-order valence-corrected chi connectivity index (χ0v) is 10.6. The van der Waals surface area contributed by atoms with E-state index in [9.17, 15) is 22.8 Å². The van der Waals surface area contributed by atoms with Gasteiger partial charge in [0.2, 0.25) is 11.9 Å². The second-order valence-corrected chi connectivity index (χ2v) is 4.54. The van der Waals surface area contributed by atoms with Crippen LogP contribution in [-0.2, 0) is 9.59 Å². The molecule has 116 valence electrons. The first kappa shape index (κ1) is 15.1. The van der Waals surface area contributed by atoms with Crippen LogP contribution in [0.4, 0.5) is 25.1 Å². The van der Waals surface area contributed by atoms with E-state index < -0.39 is 29.9 Å². The van der Waals surface area contributed by atoms with Crippen LogP contribution in [0.15, 0.2) is 0 Å². The van der Waals surface area contributed by atoms with Gasteiger partial charge in [-0.15, -0.1) is 5.10 Å². The van der Waals surface area contributed by atoms with Crippen molar-refractivity contribution in [1.29, 1.82) is 0 Å². The van der Waals surface area contributed by atoms with Crippen LogP contribution in [0.2, 0.25) is 0 Å². The van der Waals surface area contributed by atoms with Crippen LogP contribution in [0.3, 0.4) is 0 Å². The van der Waals surface area contributed by atoms with Crippen molar-refractivity contribution >= 4 is 23.8 Å². The number of carboxylic acids is 1. The van der Waals surface area contributed by atoms with Crippen LogP contribution < -0.4 is 10.2 Å². The van der Waals surface area contributed by atoms with Crippen molar-refractivity contribution in [3.8, 4) is 0 Å². The third-order valence-corrected chi connectivity index (χ3v) is 3.09. The van der Waals surface area contributed by atoms with Crippen LogP contribution in [0.5, 0.6) is 0 Å². The highest BCUT2D eigenvalue weighted by atomic mass is 19.4. The van der Waals surface area contributed by atoms with Crippen molar-refractivity contribution < 1.29 is 27.9 Å². The number of aromatic nitrogens is 3. The molecule has 1 aliphatic rings. The third kappa shape index (κ3) is 3.61. The highest BCUT2D eigenvalue weighted by Crippen LogP contribution is 2.22. The number of rotatable bonds is 3. The van der Waals surface area contributed by atoms with Crippen LogP contribution in [0.25, 0.3) is 0 Å². The summed E-state index contributed by atoms with van der Waals surface area (Å²) in [5.74, 6) is -3.74. The topological polar surface area (TPSA) is 111 Å². The molecule has 21 heavy (non-hydrogen) atoms. The molecular weight excluding hydrogens is 295 g/mol. The normalized spacial score (nSPS) is 16.8. The lowest BCUT2D eigenvalue weighted by molar-refractivity contribution is -0.167. The first-order valence-corrected chi connectivity index (χ1v) is 6.05. The van der Waals surface area contributed by atoms with E-state index in [-0.39, 0.29) is 5.95 Å². The Labute approximate surface area is 116 Å². The van der Waals surface area contributed by atoms with Crippen LogP contribution >= 0.6 is 0 Å². The molecule has 1 aromatic rings. The molecule has 2 heterocycles. The predicted octanol–water partition coefficient (Wildman–Crippen LogP) is 0.606. The van der Waals surface area contributed by atoms with Crippen molar-refractivity contribution in [2.24, 2.45) is 5.92 Å². The van der Waals surface area contributed by atoms with Gasteiger partial charge in [-0.2, -0.15) is 18.2 Å². The number of anilines is 2. The van der Waals surface area contributed by atoms with Gasteiger partial charge in [-0.3, -0.25) is 14.9 Å². The zero-order chi connectivity index (χ0) is 15.6. The van der Waals surface area contributed by atoms with E-state index >= 15 is 0 Å². The summed E-state index contributed by atoms with van der Waals surface area (Å²) in [4.78, 5) is 26.9. The number of hydrogen-bond acceptors (Lipinski definition) is 5. The minimum absolute atomic E-state index is 0.122. The summed E-state index contributed by atoms with van der Waals surface area (Å²) in [6.07, 6.45) is -4.21. The van der Waals surface area contributed by atoms with E-state index in [2.05, 4.69) is 15.2 Å². The Bertz CT molecular complexity index is 536. The molecule has 3 N–H and O–H groups in total. The van der Waals surface area contributed by atoms with E-state index in [0.29, 0.717) is 25.9 Å². The van der Waals surface area contributed by atoms with E-state index in [1.165, 1.54) is 0 Å². The Morgan fingerprint density at radius 3 is 2.48 bits per heavy atom. The summed E-state index contributed by atoms with van der Waals surface area (Å²) in [6, 6.07) is 0. The molecule has 0 saturated carbocycles. The van der Waals surface area contributed by atoms with E-state index in [1.807, 2.05) is 0 Å². The standard InChI is InChI=1S/C10H12F3N5O3/c11-10(12,13)7(21)14-8-15-9(17-16-8)18-3-1-5(2-4-18)6(19)20/h5H,1-4H2,(H,19,20)(H2,14,15,16,17,21). The third-order valence-electron chi connectivity index (χ3n) is 3.09. The molecule has 1 aliphatic heterocycles. The molecule has 1 amide bonds. The molecule has 0 aliphatic carbocycles. The second kappa shape index (κ2) is 5.58. The summed E-state index contributed by atoms with van der Waals surface area (Å²) in [6.45, 7) is 0.753. The summed E-state index contributed by atoms with van der Waals surface area (Å²) in [7, 11) is 0. The fourth-order valence-corrected chi connectivity index (χ4v) is 1.96. The van der Waals surface area contributed by atoms with Gasteiger partial charge in [0.05, 0.1) is 5.92 Å². The zero-order valence-electron chi connectivity index (χ0n) is 10.6. The predicted molar refractivity (Wildman–Crippen MR) is 63.6 cm³/mol. The largest absolute Gasteiger partial charge is 0.481 e. The summed E-state index contributed by atoms with van der Waals surface area (Å²) < 4.78 is 36.2. The number of piperidine rings is 1. The number of hydrogen-bond donors (Lipinski definition) is 3. The minimum Gasteiger partial charge on any atom is -0.481 e. The van der Waals surface area contributed by atoms with Gasteiger partial charge >= 0.3 is 18.1 Å². The molecule has 1 saturated heterocycles. The Balaban J connectivity index is 1.95. The molecule has 0 bridgehead atoms. The lowest BCUT2D eigenvalue weighted by Crippen LogP contribution is -2.37. The molecule has 8 nitrogen and oxygen atoms in total. The second-order valence-electron chi connectivity index (χ2n) is 4.54. The number of nitrogens with one attached hydrogen (secondary N) is 2. The van der Waals surface area contributed by atoms with Gasteiger partial charge in [0, 0.05) is 13.1 Å². The van der Waals surface area contributed by atoms with E-state index in [4.69, 9.17) is 5.11 Å². The number of carbonyl (C=O) groups excluding carboxylic acids is 1. The van der Waals surface area contributed by atoms with E-state index in [0.717, 1.165) is 0 Å². The number of aliphatic carboxylic acids is 1. The van der Waals surface area contributed by atoms with Crippen molar-refractivity contribution in [3.63, 3.8) is 0 Å². The van der Waals surface area contributed by atoms with Crippen molar-refractivity contribution in [1.82, 2.24) is 15.2 Å². The van der Waals surface area contributed by atoms with Gasteiger partial charge < -0.3 is 10.0 Å². The number of amides is 1. The summed E-state index contributed by atoms with van der Waals surface area (Å²) >= 11 is 0. The van der Waals surface area contributed by atoms with Crippen molar-refractivity contribution in [2.75, 3.05) is 23.3 Å². The Morgan fingerprint density at radius 1 is 1.33 bits per heavy atom. The number of carboxylic acid groups (broad SMARTS) is 1. The summed E-state index contributed by atoms with van der Waals surface area (Å²) in [5, 5.41) is 16.3. The monoisotopic (exact) mass is 307 g/mol. The maximum Gasteiger partial charge on any atom is 0.471 e. The lowest BCUT2D eigenvalue weighted by Gasteiger charge is -2.28. The molecule has 1 aromatic heterocycles. The average molecular weight is 307 g/mol.